The SMILES string of the molecule is CC(C)(C)OC(=O)NCC(=O)Nc1ccc(NC(=O)Cc2cccc(F)c2)cc1. The number of hydrogen-bond donors (Lipinski definition) is 3. The minimum Gasteiger partial charge on any atom is -0.444 e. The Morgan fingerprint density at radius 2 is 1.52 bits per heavy atom. The predicted molar refractivity (Wildman–Crippen MR) is 108 cm³/mol. The van der Waals surface area contributed by atoms with Gasteiger partial charge in [-0.15, -0.1) is 0 Å². The van der Waals surface area contributed by atoms with Gasteiger partial charge in [-0.05, 0) is 62.7 Å². The van der Waals surface area contributed by atoms with E-state index in [4.69, 9.17) is 4.74 Å². The van der Waals surface area contributed by atoms with E-state index in [0.29, 0.717) is 16.9 Å². The maximum absolute atomic E-state index is 13.2. The van der Waals surface area contributed by atoms with E-state index >= 15 is 0 Å². The number of anilines is 2. The van der Waals surface area contributed by atoms with Gasteiger partial charge in [-0.2, -0.15) is 0 Å². The molecule has 0 saturated carbocycles. The lowest BCUT2D eigenvalue weighted by molar-refractivity contribution is -0.116. The summed E-state index contributed by atoms with van der Waals surface area (Å²) in [6.45, 7) is 4.95. The van der Waals surface area contributed by atoms with Crippen LogP contribution < -0.4 is 16.0 Å². The zero-order chi connectivity index (χ0) is 21.4. The number of benzene rings is 2. The van der Waals surface area contributed by atoms with Gasteiger partial charge in [-0.3, -0.25) is 9.59 Å². The highest BCUT2D eigenvalue weighted by Gasteiger charge is 2.16. The Morgan fingerprint density at radius 3 is 2.07 bits per heavy atom. The van der Waals surface area contributed by atoms with E-state index in [1.165, 1.54) is 12.1 Å². The Hall–Kier alpha value is -3.42. The van der Waals surface area contributed by atoms with Crippen LogP contribution in [0.2, 0.25) is 0 Å². The van der Waals surface area contributed by atoms with Gasteiger partial charge in [-0.1, -0.05) is 12.1 Å². The lowest BCUT2D eigenvalue weighted by atomic mass is 10.1. The number of carbonyl (C=O) groups is 3. The van der Waals surface area contributed by atoms with Crippen LogP contribution in [0.25, 0.3) is 0 Å². The minimum absolute atomic E-state index is 0.0482. The summed E-state index contributed by atoms with van der Waals surface area (Å²) >= 11 is 0. The van der Waals surface area contributed by atoms with Crippen LogP contribution in [0, 0.1) is 5.82 Å². The average Bonchev–Trinajstić information content (AvgIpc) is 2.60. The van der Waals surface area contributed by atoms with Crippen molar-refractivity contribution in [1.82, 2.24) is 5.32 Å². The van der Waals surface area contributed by atoms with Gasteiger partial charge < -0.3 is 20.7 Å². The van der Waals surface area contributed by atoms with Crippen molar-refractivity contribution < 1.29 is 23.5 Å². The van der Waals surface area contributed by atoms with Crippen LogP contribution in [0.5, 0.6) is 0 Å². The van der Waals surface area contributed by atoms with Crippen molar-refractivity contribution in [3.8, 4) is 0 Å². The summed E-state index contributed by atoms with van der Waals surface area (Å²) in [6.07, 6.45) is -0.629. The molecule has 2 rings (SSSR count). The first-order valence-electron chi connectivity index (χ1n) is 9.02. The second-order valence-electron chi connectivity index (χ2n) is 7.34. The molecular formula is C21H24FN3O4. The molecule has 0 aliphatic rings. The van der Waals surface area contributed by atoms with Crippen molar-refractivity contribution >= 4 is 29.3 Å². The molecule has 3 amide bonds. The summed E-state index contributed by atoms with van der Waals surface area (Å²) in [4.78, 5) is 35.5. The van der Waals surface area contributed by atoms with Gasteiger partial charge in [0.15, 0.2) is 0 Å². The fourth-order valence-electron chi connectivity index (χ4n) is 2.35. The number of amides is 3. The molecular weight excluding hydrogens is 377 g/mol. The molecule has 0 unspecified atom stereocenters. The highest BCUT2D eigenvalue weighted by molar-refractivity contribution is 5.95. The molecule has 2 aromatic rings. The molecule has 29 heavy (non-hydrogen) atoms. The number of nitrogens with one attached hydrogen (secondary N) is 3. The third kappa shape index (κ3) is 8.42. The third-order valence-electron chi connectivity index (χ3n) is 3.50. The first-order valence-corrected chi connectivity index (χ1v) is 9.02. The lowest BCUT2D eigenvalue weighted by Gasteiger charge is -2.19. The average molecular weight is 401 g/mol. The molecule has 0 radical (unpaired) electrons. The quantitative estimate of drug-likeness (QED) is 0.691. The largest absolute Gasteiger partial charge is 0.444 e. The topological polar surface area (TPSA) is 96.5 Å². The molecule has 7 nitrogen and oxygen atoms in total. The predicted octanol–water partition coefficient (Wildman–Crippen LogP) is 3.47. The van der Waals surface area contributed by atoms with Crippen molar-refractivity contribution in [2.24, 2.45) is 0 Å². The Morgan fingerprint density at radius 1 is 0.931 bits per heavy atom. The summed E-state index contributed by atoms with van der Waals surface area (Å²) in [7, 11) is 0. The monoisotopic (exact) mass is 401 g/mol. The highest BCUT2D eigenvalue weighted by Crippen LogP contribution is 2.14. The first kappa shape index (κ1) is 21.9. The number of rotatable bonds is 6. The molecule has 0 bridgehead atoms. The molecule has 3 N–H and O–H groups in total. The molecule has 0 aromatic heterocycles. The Bertz CT molecular complexity index is 876. The van der Waals surface area contributed by atoms with Gasteiger partial charge in [0.05, 0.1) is 6.42 Å². The molecule has 154 valence electrons. The van der Waals surface area contributed by atoms with Gasteiger partial charge in [-0.25, -0.2) is 9.18 Å². The highest BCUT2D eigenvalue weighted by atomic mass is 19.1. The number of hydrogen-bond acceptors (Lipinski definition) is 4. The van der Waals surface area contributed by atoms with Gasteiger partial charge in [0.2, 0.25) is 11.8 Å². The van der Waals surface area contributed by atoms with E-state index in [0.717, 1.165) is 0 Å². The van der Waals surface area contributed by atoms with E-state index in [9.17, 15) is 18.8 Å². The van der Waals surface area contributed by atoms with Crippen LogP contribution in [-0.2, 0) is 20.7 Å². The standard InChI is InChI=1S/C21H24FN3O4/c1-21(2,3)29-20(28)23-13-19(27)25-17-9-7-16(8-10-17)24-18(26)12-14-5-4-6-15(22)11-14/h4-11H,12-13H2,1-3H3,(H,23,28)(H,24,26)(H,25,27). The smallest absolute Gasteiger partial charge is 0.408 e. The van der Waals surface area contributed by atoms with E-state index in [2.05, 4.69) is 16.0 Å². The Balaban J connectivity index is 1.79. The molecule has 8 heteroatoms. The van der Waals surface area contributed by atoms with Crippen molar-refractivity contribution in [3.05, 3.63) is 59.9 Å². The van der Waals surface area contributed by atoms with Crippen molar-refractivity contribution in [2.45, 2.75) is 32.8 Å². The van der Waals surface area contributed by atoms with Crippen LogP contribution in [0.15, 0.2) is 48.5 Å². The summed E-state index contributed by atoms with van der Waals surface area (Å²) in [5, 5.41) is 7.69. The summed E-state index contributed by atoms with van der Waals surface area (Å²) in [5.74, 6) is -1.09. The van der Waals surface area contributed by atoms with Crippen LogP contribution in [0.1, 0.15) is 26.3 Å². The molecule has 0 heterocycles. The lowest BCUT2D eigenvalue weighted by Crippen LogP contribution is -2.37. The minimum atomic E-state index is -0.677. The van der Waals surface area contributed by atoms with Crippen molar-refractivity contribution in [1.29, 1.82) is 0 Å². The maximum atomic E-state index is 13.2. The number of ether oxygens (including phenoxy) is 1. The zero-order valence-electron chi connectivity index (χ0n) is 16.5. The number of halogens is 1. The van der Waals surface area contributed by atoms with Crippen LogP contribution in [-0.4, -0.2) is 30.1 Å². The fourth-order valence-corrected chi connectivity index (χ4v) is 2.35. The molecule has 0 aliphatic heterocycles. The van der Waals surface area contributed by atoms with Gasteiger partial charge in [0, 0.05) is 11.4 Å². The van der Waals surface area contributed by atoms with Gasteiger partial charge in [0.25, 0.3) is 0 Å². The molecule has 0 aliphatic carbocycles. The van der Waals surface area contributed by atoms with Crippen molar-refractivity contribution in [2.75, 3.05) is 17.2 Å². The van der Waals surface area contributed by atoms with E-state index < -0.39 is 23.4 Å². The van der Waals surface area contributed by atoms with Crippen LogP contribution >= 0.6 is 0 Å². The first-order chi connectivity index (χ1) is 13.6. The van der Waals surface area contributed by atoms with E-state index in [1.54, 1.807) is 57.2 Å². The van der Waals surface area contributed by atoms with E-state index in [-0.39, 0.29) is 18.9 Å². The van der Waals surface area contributed by atoms with Crippen LogP contribution in [0.3, 0.4) is 0 Å². The Labute approximate surface area is 168 Å². The third-order valence-corrected chi connectivity index (χ3v) is 3.50. The van der Waals surface area contributed by atoms with Gasteiger partial charge in [0.1, 0.15) is 18.0 Å². The summed E-state index contributed by atoms with van der Waals surface area (Å²) in [5.41, 5.74) is 0.972. The molecule has 0 spiro atoms. The normalized spacial score (nSPS) is 10.8. The second kappa shape index (κ2) is 9.68. The summed E-state index contributed by atoms with van der Waals surface area (Å²) < 4.78 is 18.2. The summed E-state index contributed by atoms with van der Waals surface area (Å²) in [6, 6.07) is 12.3. The van der Waals surface area contributed by atoms with Crippen molar-refractivity contribution in [3.63, 3.8) is 0 Å². The molecule has 2 aromatic carbocycles. The fraction of sp³-hybridized carbons (Fsp3) is 0.286. The Kier molecular flexibility index (Phi) is 7.30. The zero-order valence-corrected chi connectivity index (χ0v) is 16.5. The number of alkyl carbamates (subject to hydrolysis) is 1. The molecule has 0 saturated heterocycles. The number of carbonyl (C=O) groups excluding carboxylic acids is 3. The second-order valence-corrected chi connectivity index (χ2v) is 7.34. The van der Waals surface area contributed by atoms with Gasteiger partial charge >= 0.3 is 6.09 Å². The maximum Gasteiger partial charge on any atom is 0.408 e. The van der Waals surface area contributed by atoms with E-state index in [1.807, 2.05) is 0 Å². The molecule has 0 fully saturated rings. The molecule has 0 atom stereocenters. The van der Waals surface area contributed by atoms with Crippen LogP contribution in [0.4, 0.5) is 20.6 Å².